The second-order valence-electron chi connectivity index (χ2n) is 4.47. The molecule has 1 aromatic carbocycles. The Kier molecular flexibility index (Phi) is 3.61. The van der Waals surface area contributed by atoms with Gasteiger partial charge in [-0.25, -0.2) is 4.39 Å². The van der Waals surface area contributed by atoms with E-state index in [-0.39, 0.29) is 5.82 Å². The standard InChI is InChI=1S/C16H12ClFN2/c17-7-6-16-13(15-3-1-2-8-19-15)10-11-9-12(18)4-5-14(11)20-16/h1-5,8-10H,6-7H2. The summed E-state index contributed by atoms with van der Waals surface area (Å²) in [7, 11) is 0. The second kappa shape index (κ2) is 5.55. The summed E-state index contributed by atoms with van der Waals surface area (Å²) in [4.78, 5) is 8.94. The molecular formula is C16H12ClFN2. The Labute approximate surface area is 121 Å². The molecule has 100 valence electrons. The van der Waals surface area contributed by atoms with Gasteiger partial charge in [0.05, 0.1) is 16.9 Å². The zero-order valence-corrected chi connectivity index (χ0v) is 11.4. The fourth-order valence-electron chi connectivity index (χ4n) is 2.21. The monoisotopic (exact) mass is 286 g/mol. The zero-order valence-electron chi connectivity index (χ0n) is 10.7. The number of aryl methyl sites for hydroxylation is 1. The van der Waals surface area contributed by atoms with Crippen molar-refractivity contribution in [2.45, 2.75) is 6.42 Å². The summed E-state index contributed by atoms with van der Waals surface area (Å²) >= 11 is 5.85. The number of pyridine rings is 2. The molecule has 0 amide bonds. The zero-order chi connectivity index (χ0) is 13.9. The Morgan fingerprint density at radius 1 is 1.10 bits per heavy atom. The van der Waals surface area contributed by atoms with Crippen LogP contribution in [-0.2, 0) is 6.42 Å². The molecule has 0 atom stereocenters. The van der Waals surface area contributed by atoms with Gasteiger partial charge in [-0.2, -0.15) is 0 Å². The maximum Gasteiger partial charge on any atom is 0.123 e. The van der Waals surface area contributed by atoms with E-state index >= 15 is 0 Å². The molecule has 0 aliphatic carbocycles. The lowest BCUT2D eigenvalue weighted by atomic mass is 10.0. The van der Waals surface area contributed by atoms with Gasteiger partial charge in [0.2, 0.25) is 0 Å². The minimum absolute atomic E-state index is 0.267. The molecule has 3 rings (SSSR count). The van der Waals surface area contributed by atoms with Crippen molar-refractivity contribution in [3.8, 4) is 11.3 Å². The van der Waals surface area contributed by atoms with Crippen molar-refractivity contribution < 1.29 is 4.39 Å². The van der Waals surface area contributed by atoms with E-state index in [9.17, 15) is 4.39 Å². The maximum atomic E-state index is 13.4. The third-order valence-corrected chi connectivity index (χ3v) is 3.32. The van der Waals surface area contributed by atoms with Crippen molar-refractivity contribution in [1.82, 2.24) is 9.97 Å². The minimum Gasteiger partial charge on any atom is -0.256 e. The van der Waals surface area contributed by atoms with Gasteiger partial charge in [-0.15, -0.1) is 11.6 Å². The minimum atomic E-state index is -0.267. The fraction of sp³-hybridized carbons (Fsp3) is 0.125. The fourth-order valence-corrected chi connectivity index (χ4v) is 2.39. The van der Waals surface area contributed by atoms with Gasteiger partial charge in [0.1, 0.15) is 5.82 Å². The number of benzene rings is 1. The van der Waals surface area contributed by atoms with Gasteiger partial charge in [-0.1, -0.05) is 6.07 Å². The molecule has 2 aromatic heterocycles. The highest BCUT2D eigenvalue weighted by Gasteiger charge is 2.10. The van der Waals surface area contributed by atoms with E-state index in [1.165, 1.54) is 12.1 Å². The Bertz CT molecular complexity index is 744. The van der Waals surface area contributed by atoms with Crippen LogP contribution in [0.15, 0.2) is 48.7 Å². The van der Waals surface area contributed by atoms with Crippen molar-refractivity contribution in [3.63, 3.8) is 0 Å². The third-order valence-electron chi connectivity index (χ3n) is 3.13. The molecule has 0 bridgehead atoms. The number of alkyl halides is 1. The molecule has 0 aliphatic rings. The van der Waals surface area contributed by atoms with Crippen molar-refractivity contribution in [3.05, 3.63) is 60.2 Å². The Morgan fingerprint density at radius 3 is 2.75 bits per heavy atom. The van der Waals surface area contributed by atoms with E-state index in [4.69, 9.17) is 11.6 Å². The maximum absolute atomic E-state index is 13.4. The van der Waals surface area contributed by atoms with Gasteiger partial charge < -0.3 is 0 Å². The van der Waals surface area contributed by atoms with E-state index in [2.05, 4.69) is 9.97 Å². The molecule has 2 heterocycles. The molecule has 0 spiro atoms. The van der Waals surface area contributed by atoms with Crippen LogP contribution in [0.4, 0.5) is 4.39 Å². The number of aromatic nitrogens is 2. The van der Waals surface area contributed by atoms with E-state index in [1.54, 1.807) is 12.3 Å². The molecule has 0 saturated heterocycles. The third kappa shape index (κ3) is 2.49. The number of rotatable bonds is 3. The quantitative estimate of drug-likeness (QED) is 0.674. The number of fused-ring (bicyclic) bond motifs is 1. The number of hydrogen-bond acceptors (Lipinski definition) is 2. The summed E-state index contributed by atoms with van der Waals surface area (Å²) in [5, 5.41) is 0.768. The van der Waals surface area contributed by atoms with Crippen LogP contribution in [0.1, 0.15) is 5.69 Å². The van der Waals surface area contributed by atoms with E-state index in [0.717, 1.165) is 27.9 Å². The second-order valence-corrected chi connectivity index (χ2v) is 4.85. The molecule has 2 nitrogen and oxygen atoms in total. The van der Waals surface area contributed by atoms with E-state index in [0.29, 0.717) is 12.3 Å². The summed E-state index contributed by atoms with van der Waals surface area (Å²) in [6, 6.07) is 12.2. The van der Waals surface area contributed by atoms with Crippen molar-refractivity contribution in [1.29, 1.82) is 0 Å². The molecule has 20 heavy (non-hydrogen) atoms. The average Bonchev–Trinajstić information content (AvgIpc) is 2.48. The highest BCUT2D eigenvalue weighted by molar-refractivity contribution is 6.18. The van der Waals surface area contributed by atoms with Crippen LogP contribution in [0.3, 0.4) is 0 Å². The molecule has 0 saturated carbocycles. The first-order valence-corrected chi connectivity index (χ1v) is 6.88. The lowest BCUT2D eigenvalue weighted by Gasteiger charge is -2.09. The molecule has 0 N–H and O–H groups in total. The van der Waals surface area contributed by atoms with Gasteiger partial charge in [-0.05, 0) is 36.4 Å². The van der Waals surface area contributed by atoms with Crippen molar-refractivity contribution in [2.75, 3.05) is 5.88 Å². The SMILES string of the molecule is Fc1ccc2nc(CCCl)c(-c3ccccn3)cc2c1. The lowest BCUT2D eigenvalue weighted by Crippen LogP contribution is -1.98. The lowest BCUT2D eigenvalue weighted by molar-refractivity contribution is 0.629. The number of halogens is 2. The van der Waals surface area contributed by atoms with Gasteiger partial charge >= 0.3 is 0 Å². The molecule has 0 fully saturated rings. The highest BCUT2D eigenvalue weighted by Crippen LogP contribution is 2.26. The van der Waals surface area contributed by atoms with Crippen LogP contribution in [0.25, 0.3) is 22.2 Å². The van der Waals surface area contributed by atoms with Gasteiger partial charge in [0.15, 0.2) is 0 Å². The number of nitrogens with zero attached hydrogens (tertiary/aromatic N) is 2. The summed E-state index contributed by atoms with van der Waals surface area (Å²) in [5.41, 5.74) is 3.39. The van der Waals surface area contributed by atoms with Gasteiger partial charge in [0, 0.05) is 29.4 Å². The normalized spacial score (nSPS) is 10.9. The van der Waals surface area contributed by atoms with Gasteiger partial charge in [0.25, 0.3) is 0 Å². The Morgan fingerprint density at radius 2 is 2.00 bits per heavy atom. The van der Waals surface area contributed by atoms with Crippen LogP contribution in [0, 0.1) is 5.82 Å². The van der Waals surface area contributed by atoms with Crippen LogP contribution in [-0.4, -0.2) is 15.8 Å². The summed E-state index contributed by atoms with van der Waals surface area (Å²) in [6.07, 6.45) is 2.39. The van der Waals surface area contributed by atoms with Crippen LogP contribution < -0.4 is 0 Å². The Balaban J connectivity index is 2.24. The molecule has 4 heteroatoms. The molecule has 0 radical (unpaired) electrons. The smallest absolute Gasteiger partial charge is 0.123 e. The van der Waals surface area contributed by atoms with E-state index < -0.39 is 0 Å². The largest absolute Gasteiger partial charge is 0.256 e. The van der Waals surface area contributed by atoms with Crippen LogP contribution in [0.5, 0.6) is 0 Å². The molecular weight excluding hydrogens is 275 g/mol. The molecule has 3 aromatic rings. The average molecular weight is 287 g/mol. The molecule has 0 aliphatic heterocycles. The summed E-state index contributed by atoms with van der Waals surface area (Å²) in [5.74, 6) is 0.218. The first-order valence-electron chi connectivity index (χ1n) is 6.34. The predicted octanol–water partition coefficient (Wildman–Crippen LogP) is 4.22. The number of hydrogen-bond donors (Lipinski definition) is 0. The van der Waals surface area contributed by atoms with Crippen LogP contribution in [0.2, 0.25) is 0 Å². The first kappa shape index (κ1) is 13.0. The first-order chi connectivity index (χ1) is 9.78. The van der Waals surface area contributed by atoms with Gasteiger partial charge in [-0.3, -0.25) is 9.97 Å². The predicted molar refractivity (Wildman–Crippen MR) is 79.4 cm³/mol. The highest BCUT2D eigenvalue weighted by atomic mass is 35.5. The topological polar surface area (TPSA) is 25.8 Å². The van der Waals surface area contributed by atoms with Crippen molar-refractivity contribution in [2.24, 2.45) is 0 Å². The summed E-state index contributed by atoms with van der Waals surface area (Å²) < 4.78 is 13.4. The molecule has 0 unspecified atom stereocenters. The van der Waals surface area contributed by atoms with Crippen molar-refractivity contribution >= 4 is 22.5 Å². The van der Waals surface area contributed by atoms with Crippen LogP contribution >= 0.6 is 11.6 Å². The summed E-state index contributed by atoms with van der Waals surface area (Å²) in [6.45, 7) is 0. The van der Waals surface area contributed by atoms with E-state index in [1.807, 2.05) is 24.3 Å². The Hall–Kier alpha value is -2.00.